The van der Waals surface area contributed by atoms with Gasteiger partial charge in [0.2, 0.25) is 0 Å². The predicted octanol–water partition coefficient (Wildman–Crippen LogP) is 4.21. The van der Waals surface area contributed by atoms with Crippen LogP contribution in [-0.4, -0.2) is 9.38 Å². The maximum absolute atomic E-state index is 6.23. The lowest BCUT2D eigenvalue weighted by atomic mass is 10.1. The zero-order valence-corrected chi connectivity index (χ0v) is 13.0. The van der Waals surface area contributed by atoms with E-state index in [-0.39, 0.29) is 6.04 Å². The molecule has 0 spiro atoms. The third-order valence-corrected chi connectivity index (χ3v) is 4.61. The van der Waals surface area contributed by atoms with Gasteiger partial charge < -0.3 is 5.32 Å². The quantitative estimate of drug-likeness (QED) is 0.782. The third-order valence-electron chi connectivity index (χ3n) is 3.51. The molecule has 0 saturated carbocycles. The van der Waals surface area contributed by atoms with Crippen LogP contribution in [0.2, 0.25) is 5.02 Å². The van der Waals surface area contributed by atoms with E-state index in [4.69, 9.17) is 11.6 Å². The summed E-state index contributed by atoms with van der Waals surface area (Å²) in [5.74, 6) is 0. The van der Waals surface area contributed by atoms with Gasteiger partial charge in [0.25, 0.3) is 0 Å². The molecule has 3 rings (SSSR count). The molecule has 2 aromatic heterocycles. The molecule has 1 aromatic carbocycles. The first kappa shape index (κ1) is 13.6. The molecule has 1 atom stereocenters. The van der Waals surface area contributed by atoms with Crippen LogP contribution in [0.1, 0.15) is 29.9 Å². The molecule has 20 heavy (non-hydrogen) atoms. The van der Waals surface area contributed by atoms with Gasteiger partial charge in [-0.25, -0.2) is 4.98 Å². The number of benzene rings is 1. The molecule has 0 radical (unpaired) electrons. The number of fused-ring (bicyclic) bond motifs is 1. The minimum absolute atomic E-state index is 0.201. The van der Waals surface area contributed by atoms with E-state index < -0.39 is 0 Å². The van der Waals surface area contributed by atoms with Crippen LogP contribution in [0.4, 0.5) is 0 Å². The number of hydrogen-bond acceptors (Lipinski definition) is 3. The number of aromatic nitrogens is 2. The summed E-state index contributed by atoms with van der Waals surface area (Å²) < 4.78 is 2.15. The van der Waals surface area contributed by atoms with Crippen LogP contribution in [0, 0.1) is 6.92 Å². The number of halogens is 1. The molecular formula is C15H16ClN3S. The molecule has 2 heterocycles. The van der Waals surface area contributed by atoms with Crippen LogP contribution >= 0.6 is 22.9 Å². The normalized spacial score (nSPS) is 12.9. The van der Waals surface area contributed by atoms with Crippen LogP contribution in [0.25, 0.3) is 4.96 Å². The molecular weight excluding hydrogens is 290 g/mol. The second-order valence-electron chi connectivity index (χ2n) is 4.82. The van der Waals surface area contributed by atoms with Crippen molar-refractivity contribution >= 4 is 27.9 Å². The van der Waals surface area contributed by atoms with Crippen LogP contribution in [-0.2, 0) is 6.54 Å². The fourth-order valence-corrected chi connectivity index (χ4v) is 3.42. The van der Waals surface area contributed by atoms with Crippen molar-refractivity contribution in [2.75, 3.05) is 0 Å². The maximum Gasteiger partial charge on any atom is 0.194 e. The summed E-state index contributed by atoms with van der Waals surface area (Å²) in [5.41, 5.74) is 3.41. The minimum Gasteiger partial charge on any atom is -0.305 e. The number of imidazole rings is 1. The summed E-state index contributed by atoms with van der Waals surface area (Å²) in [4.78, 5) is 5.60. The number of hydrogen-bond donors (Lipinski definition) is 1. The fourth-order valence-electron chi connectivity index (χ4n) is 2.34. The van der Waals surface area contributed by atoms with Crippen molar-refractivity contribution in [1.29, 1.82) is 0 Å². The van der Waals surface area contributed by atoms with E-state index >= 15 is 0 Å². The molecule has 3 nitrogen and oxygen atoms in total. The molecule has 1 unspecified atom stereocenters. The Morgan fingerprint density at radius 2 is 2.20 bits per heavy atom. The predicted molar refractivity (Wildman–Crippen MR) is 84.5 cm³/mol. The molecule has 0 amide bonds. The molecule has 3 aromatic rings. The fraction of sp³-hybridized carbons (Fsp3) is 0.267. The van der Waals surface area contributed by atoms with E-state index in [1.54, 1.807) is 11.3 Å². The van der Waals surface area contributed by atoms with E-state index in [1.807, 2.05) is 18.2 Å². The van der Waals surface area contributed by atoms with Gasteiger partial charge >= 0.3 is 0 Å². The number of rotatable bonds is 4. The summed E-state index contributed by atoms with van der Waals surface area (Å²) >= 11 is 7.89. The van der Waals surface area contributed by atoms with Crippen molar-refractivity contribution in [3.63, 3.8) is 0 Å². The third kappa shape index (κ3) is 2.46. The number of nitrogens with one attached hydrogen (secondary N) is 1. The Hall–Kier alpha value is -1.36. The van der Waals surface area contributed by atoms with Crippen LogP contribution in [0.5, 0.6) is 0 Å². The highest BCUT2D eigenvalue weighted by Gasteiger charge is 2.12. The number of nitrogens with zero attached hydrogens (tertiary/aromatic N) is 2. The summed E-state index contributed by atoms with van der Waals surface area (Å²) in [5, 5.41) is 6.39. The zero-order valence-electron chi connectivity index (χ0n) is 11.4. The van der Waals surface area contributed by atoms with Gasteiger partial charge in [-0.15, -0.1) is 11.3 Å². The Labute approximate surface area is 127 Å². The van der Waals surface area contributed by atoms with E-state index in [0.29, 0.717) is 0 Å². The van der Waals surface area contributed by atoms with Crippen molar-refractivity contribution < 1.29 is 0 Å². The summed E-state index contributed by atoms with van der Waals surface area (Å²) in [7, 11) is 0. The molecule has 0 aliphatic heterocycles. The van der Waals surface area contributed by atoms with Gasteiger partial charge in [0.05, 0.1) is 11.4 Å². The number of thiazole rings is 1. The van der Waals surface area contributed by atoms with Crippen molar-refractivity contribution in [1.82, 2.24) is 14.7 Å². The SMILES string of the molecule is Cc1nc2sccn2c1CNC(C)c1ccccc1Cl. The maximum atomic E-state index is 6.23. The van der Waals surface area contributed by atoms with Gasteiger partial charge in [-0.1, -0.05) is 29.8 Å². The largest absolute Gasteiger partial charge is 0.305 e. The highest BCUT2D eigenvalue weighted by Crippen LogP contribution is 2.23. The average Bonchev–Trinajstić information content (AvgIpc) is 2.97. The monoisotopic (exact) mass is 305 g/mol. The standard InChI is InChI=1S/C15H16ClN3S/c1-10(12-5-3-4-6-13(12)16)17-9-14-11(2)18-15-19(14)7-8-20-15/h3-8,10,17H,9H2,1-2H3. The lowest BCUT2D eigenvalue weighted by Crippen LogP contribution is -2.19. The molecule has 104 valence electrons. The summed E-state index contributed by atoms with van der Waals surface area (Å²) in [6.45, 7) is 4.95. The smallest absolute Gasteiger partial charge is 0.194 e. The molecule has 0 fully saturated rings. The van der Waals surface area contributed by atoms with Gasteiger partial charge in [0.15, 0.2) is 4.96 Å². The van der Waals surface area contributed by atoms with Crippen molar-refractivity contribution in [2.45, 2.75) is 26.4 Å². The first-order valence-electron chi connectivity index (χ1n) is 6.55. The zero-order chi connectivity index (χ0) is 14.1. The van der Waals surface area contributed by atoms with Gasteiger partial charge in [0.1, 0.15) is 0 Å². The van der Waals surface area contributed by atoms with E-state index in [2.05, 4.69) is 46.2 Å². The minimum atomic E-state index is 0.201. The van der Waals surface area contributed by atoms with E-state index in [1.165, 1.54) is 5.69 Å². The highest BCUT2D eigenvalue weighted by molar-refractivity contribution is 7.15. The second-order valence-corrected chi connectivity index (χ2v) is 6.10. The molecule has 5 heteroatoms. The Morgan fingerprint density at radius 1 is 1.40 bits per heavy atom. The molecule has 1 N–H and O–H groups in total. The molecule has 0 aliphatic carbocycles. The first-order valence-corrected chi connectivity index (χ1v) is 7.81. The van der Waals surface area contributed by atoms with Crippen LogP contribution in [0.3, 0.4) is 0 Å². The van der Waals surface area contributed by atoms with Crippen LogP contribution in [0.15, 0.2) is 35.8 Å². The average molecular weight is 306 g/mol. The van der Waals surface area contributed by atoms with Crippen molar-refractivity contribution in [3.05, 3.63) is 57.8 Å². The lowest BCUT2D eigenvalue weighted by molar-refractivity contribution is 0.564. The summed E-state index contributed by atoms with van der Waals surface area (Å²) in [6, 6.07) is 8.15. The summed E-state index contributed by atoms with van der Waals surface area (Å²) in [6.07, 6.45) is 2.07. The second kappa shape index (κ2) is 5.56. The Morgan fingerprint density at radius 3 is 3.00 bits per heavy atom. The van der Waals surface area contributed by atoms with Crippen molar-refractivity contribution in [3.8, 4) is 0 Å². The van der Waals surface area contributed by atoms with E-state index in [0.717, 1.165) is 27.8 Å². The molecule has 0 saturated heterocycles. The first-order chi connectivity index (χ1) is 9.66. The lowest BCUT2D eigenvalue weighted by Gasteiger charge is -2.15. The molecule has 0 bridgehead atoms. The number of aryl methyl sites for hydroxylation is 1. The Bertz CT molecular complexity index is 732. The molecule has 0 aliphatic rings. The Balaban J connectivity index is 1.78. The van der Waals surface area contributed by atoms with Gasteiger partial charge in [-0.3, -0.25) is 4.40 Å². The van der Waals surface area contributed by atoms with Gasteiger partial charge in [0, 0.05) is 29.2 Å². The van der Waals surface area contributed by atoms with Gasteiger partial charge in [-0.2, -0.15) is 0 Å². The highest BCUT2D eigenvalue weighted by atomic mass is 35.5. The topological polar surface area (TPSA) is 29.3 Å². The van der Waals surface area contributed by atoms with Gasteiger partial charge in [-0.05, 0) is 25.5 Å². The Kier molecular flexibility index (Phi) is 3.78. The van der Waals surface area contributed by atoms with E-state index in [9.17, 15) is 0 Å². The van der Waals surface area contributed by atoms with Crippen LogP contribution < -0.4 is 5.32 Å². The van der Waals surface area contributed by atoms with Crippen molar-refractivity contribution in [2.24, 2.45) is 0 Å².